The molecule has 2 aromatic rings. The van der Waals surface area contributed by atoms with E-state index in [0.29, 0.717) is 13.1 Å². The van der Waals surface area contributed by atoms with Crippen molar-refractivity contribution < 1.29 is 9.53 Å². The van der Waals surface area contributed by atoms with Gasteiger partial charge in [0.25, 0.3) is 5.91 Å². The van der Waals surface area contributed by atoms with Gasteiger partial charge in [-0.15, -0.1) is 11.3 Å². The van der Waals surface area contributed by atoms with Gasteiger partial charge < -0.3 is 9.64 Å². The SMILES string of the molecule is O=C(c1scc2c1CCCC2)N(Cc1ccncc1)C[C@H]1CCCO1. The van der Waals surface area contributed by atoms with Crippen LogP contribution in [0, 0.1) is 0 Å². The molecule has 25 heavy (non-hydrogen) atoms. The molecule has 1 atom stereocenters. The lowest BCUT2D eigenvalue weighted by molar-refractivity contribution is 0.0510. The first kappa shape index (κ1) is 16.7. The Morgan fingerprint density at radius 3 is 2.88 bits per heavy atom. The van der Waals surface area contributed by atoms with Crippen LogP contribution in [0.5, 0.6) is 0 Å². The molecule has 0 aromatic carbocycles. The molecule has 0 spiro atoms. The fourth-order valence-electron chi connectivity index (χ4n) is 3.80. The maximum atomic E-state index is 13.3. The van der Waals surface area contributed by atoms with Gasteiger partial charge in [-0.25, -0.2) is 0 Å². The average molecular weight is 356 g/mol. The van der Waals surface area contributed by atoms with Gasteiger partial charge in [-0.05, 0) is 72.7 Å². The van der Waals surface area contributed by atoms with E-state index in [2.05, 4.69) is 10.4 Å². The Balaban J connectivity index is 1.57. The summed E-state index contributed by atoms with van der Waals surface area (Å²) in [4.78, 5) is 20.3. The zero-order valence-corrected chi connectivity index (χ0v) is 15.3. The molecule has 0 N–H and O–H groups in total. The number of hydrogen-bond donors (Lipinski definition) is 0. The van der Waals surface area contributed by atoms with E-state index in [0.717, 1.165) is 42.7 Å². The second-order valence-electron chi connectivity index (χ2n) is 6.95. The number of thiophene rings is 1. The van der Waals surface area contributed by atoms with Crippen molar-refractivity contribution in [2.75, 3.05) is 13.2 Å². The highest BCUT2D eigenvalue weighted by Gasteiger charge is 2.27. The number of nitrogens with zero attached hydrogens (tertiary/aromatic N) is 2. The van der Waals surface area contributed by atoms with Crippen molar-refractivity contribution in [3.8, 4) is 0 Å². The van der Waals surface area contributed by atoms with E-state index >= 15 is 0 Å². The summed E-state index contributed by atoms with van der Waals surface area (Å²) in [6.45, 7) is 2.11. The number of carbonyl (C=O) groups excluding carboxylic acids is 1. The summed E-state index contributed by atoms with van der Waals surface area (Å²) in [6.07, 6.45) is 10.5. The van der Waals surface area contributed by atoms with Gasteiger partial charge in [-0.1, -0.05) is 0 Å². The fourth-order valence-corrected chi connectivity index (χ4v) is 4.93. The Hall–Kier alpha value is -1.72. The van der Waals surface area contributed by atoms with Gasteiger partial charge in [-0.3, -0.25) is 9.78 Å². The van der Waals surface area contributed by atoms with Crippen molar-refractivity contribution >= 4 is 17.2 Å². The minimum atomic E-state index is 0.167. The summed E-state index contributed by atoms with van der Waals surface area (Å²) >= 11 is 1.63. The third-order valence-corrected chi connectivity index (χ3v) is 6.21. The maximum Gasteiger partial charge on any atom is 0.264 e. The lowest BCUT2D eigenvalue weighted by atomic mass is 9.93. The molecule has 5 heteroatoms. The van der Waals surface area contributed by atoms with Gasteiger partial charge in [0.1, 0.15) is 0 Å². The third-order valence-electron chi connectivity index (χ3n) is 5.16. The Bertz CT molecular complexity index is 723. The minimum absolute atomic E-state index is 0.167. The van der Waals surface area contributed by atoms with Crippen LogP contribution in [-0.2, 0) is 24.1 Å². The molecule has 0 radical (unpaired) electrons. The third kappa shape index (κ3) is 3.77. The summed E-state index contributed by atoms with van der Waals surface area (Å²) in [5, 5.41) is 2.19. The molecular formula is C20H24N2O2S. The Kier molecular flexibility index (Phi) is 5.13. The highest BCUT2D eigenvalue weighted by atomic mass is 32.1. The van der Waals surface area contributed by atoms with Gasteiger partial charge in [0.15, 0.2) is 0 Å². The zero-order chi connectivity index (χ0) is 17.1. The van der Waals surface area contributed by atoms with E-state index in [9.17, 15) is 4.79 Å². The van der Waals surface area contributed by atoms with Crippen LogP contribution in [0.4, 0.5) is 0 Å². The number of rotatable bonds is 5. The molecule has 2 aliphatic rings. The number of amides is 1. The van der Waals surface area contributed by atoms with Crippen molar-refractivity contribution in [2.24, 2.45) is 0 Å². The number of carbonyl (C=O) groups is 1. The lowest BCUT2D eigenvalue weighted by Gasteiger charge is -2.26. The van der Waals surface area contributed by atoms with Crippen LogP contribution in [0.2, 0.25) is 0 Å². The monoisotopic (exact) mass is 356 g/mol. The molecule has 1 fully saturated rings. The molecule has 0 unspecified atom stereocenters. The van der Waals surface area contributed by atoms with Crippen molar-refractivity contribution in [3.05, 3.63) is 51.5 Å². The van der Waals surface area contributed by atoms with Crippen LogP contribution >= 0.6 is 11.3 Å². The van der Waals surface area contributed by atoms with E-state index < -0.39 is 0 Å². The number of pyridine rings is 1. The number of aromatic nitrogens is 1. The summed E-state index contributed by atoms with van der Waals surface area (Å²) < 4.78 is 5.80. The van der Waals surface area contributed by atoms with E-state index in [1.54, 1.807) is 23.7 Å². The maximum absolute atomic E-state index is 13.3. The summed E-state index contributed by atoms with van der Waals surface area (Å²) in [5.74, 6) is 0.167. The smallest absolute Gasteiger partial charge is 0.264 e. The van der Waals surface area contributed by atoms with Crippen LogP contribution in [0.1, 0.15) is 52.0 Å². The van der Waals surface area contributed by atoms with Crippen LogP contribution in [0.15, 0.2) is 29.9 Å². The summed E-state index contributed by atoms with van der Waals surface area (Å²) in [5.41, 5.74) is 3.81. The van der Waals surface area contributed by atoms with Gasteiger partial charge >= 0.3 is 0 Å². The van der Waals surface area contributed by atoms with Crippen molar-refractivity contribution in [1.82, 2.24) is 9.88 Å². The predicted octanol–water partition coefficient (Wildman–Crippen LogP) is 3.84. The molecular weight excluding hydrogens is 332 g/mol. The molecule has 4 nitrogen and oxygen atoms in total. The first-order valence-electron chi connectivity index (χ1n) is 9.20. The van der Waals surface area contributed by atoms with Crippen LogP contribution in [0.25, 0.3) is 0 Å². The minimum Gasteiger partial charge on any atom is -0.376 e. The largest absolute Gasteiger partial charge is 0.376 e. The standard InChI is InChI=1S/C20H24N2O2S/c23-20(19-18-6-2-1-4-16(18)14-25-19)22(13-17-5-3-11-24-17)12-15-7-9-21-10-8-15/h7-10,14,17H,1-6,11-13H2/t17-/m1/s1. The van der Waals surface area contributed by atoms with Gasteiger partial charge in [0.05, 0.1) is 11.0 Å². The molecule has 1 saturated heterocycles. The van der Waals surface area contributed by atoms with Crippen molar-refractivity contribution in [3.63, 3.8) is 0 Å². The fraction of sp³-hybridized carbons (Fsp3) is 0.500. The quantitative estimate of drug-likeness (QED) is 0.817. The molecule has 4 rings (SSSR count). The van der Waals surface area contributed by atoms with Gasteiger partial charge in [0, 0.05) is 32.1 Å². The molecule has 1 aliphatic carbocycles. The summed E-state index contributed by atoms with van der Waals surface area (Å²) in [6, 6.07) is 3.97. The van der Waals surface area contributed by atoms with E-state index in [4.69, 9.17) is 4.74 Å². The molecule has 3 heterocycles. The number of aryl methyl sites for hydroxylation is 1. The van der Waals surface area contributed by atoms with Crippen LogP contribution in [0.3, 0.4) is 0 Å². The Labute approximate surface area is 152 Å². The van der Waals surface area contributed by atoms with E-state index in [1.807, 2.05) is 17.0 Å². The highest BCUT2D eigenvalue weighted by molar-refractivity contribution is 7.12. The molecule has 0 saturated carbocycles. The topological polar surface area (TPSA) is 42.4 Å². The average Bonchev–Trinajstić information content (AvgIpc) is 3.31. The molecule has 132 valence electrons. The van der Waals surface area contributed by atoms with E-state index in [1.165, 1.54) is 24.0 Å². The number of hydrogen-bond acceptors (Lipinski definition) is 4. The molecule has 2 aromatic heterocycles. The predicted molar refractivity (Wildman–Crippen MR) is 98.9 cm³/mol. The van der Waals surface area contributed by atoms with E-state index in [-0.39, 0.29) is 12.0 Å². The van der Waals surface area contributed by atoms with Crippen LogP contribution < -0.4 is 0 Å². The normalized spacial score (nSPS) is 19.6. The second-order valence-corrected chi connectivity index (χ2v) is 7.83. The van der Waals surface area contributed by atoms with Crippen molar-refractivity contribution in [1.29, 1.82) is 0 Å². The first-order chi connectivity index (χ1) is 12.3. The summed E-state index contributed by atoms with van der Waals surface area (Å²) in [7, 11) is 0. The lowest BCUT2D eigenvalue weighted by Crippen LogP contribution is -2.37. The van der Waals surface area contributed by atoms with Gasteiger partial charge in [0.2, 0.25) is 0 Å². The highest BCUT2D eigenvalue weighted by Crippen LogP contribution is 2.31. The number of ether oxygens (including phenoxy) is 1. The Morgan fingerprint density at radius 1 is 1.24 bits per heavy atom. The Morgan fingerprint density at radius 2 is 2.08 bits per heavy atom. The molecule has 1 aliphatic heterocycles. The van der Waals surface area contributed by atoms with Crippen LogP contribution in [-0.4, -0.2) is 35.0 Å². The number of fused-ring (bicyclic) bond motifs is 1. The second kappa shape index (κ2) is 7.67. The first-order valence-corrected chi connectivity index (χ1v) is 10.1. The molecule has 0 bridgehead atoms. The van der Waals surface area contributed by atoms with Crippen molar-refractivity contribution in [2.45, 2.75) is 51.2 Å². The zero-order valence-electron chi connectivity index (χ0n) is 14.4. The van der Waals surface area contributed by atoms with Gasteiger partial charge in [-0.2, -0.15) is 0 Å². The molecule has 1 amide bonds.